The van der Waals surface area contributed by atoms with Crippen LogP contribution in [0.4, 0.5) is 0 Å². The van der Waals surface area contributed by atoms with Gasteiger partial charge in [0.2, 0.25) is 0 Å². The summed E-state index contributed by atoms with van der Waals surface area (Å²) in [6, 6.07) is 1.61. The molecule has 2 N–H and O–H groups in total. The normalized spacial score (nSPS) is 12.8. The molecule has 0 unspecified atom stereocenters. The number of halogens is 1. The summed E-state index contributed by atoms with van der Waals surface area (Å²) in [6.07, 6.45) is 0. The molecule has 0 spiro atoms. The summed E-state index contributed by atoms with van der Waals surface area (Å²) >= 11 is 1.57. The Morgan fingerprint density at radius 2 is 2.20 bits per heavy atom. The van der Waals surface area contributed by atoms with Crippen molar-refractivity contribution in [3.05, 3.63) is 22.4 Å². The van der Waals surface area contributed by atoms with Crippen molar-refractivity contribution in [1.29, 1.82) is 0 Å². The fraction of sp³-hybridized carbons (Fsp3) is 0.500. The van der Waals surface area contributed by atoms with Crippen LogP contribution in [-0.2, 0) is 9.53 Å². The molecule has 3 nitrogen and oxygen atoms in total. The molecule has 0 aliphatic heterocycles. The molecule has 1 atom stereocenters. The number of esters is 1. The molecule has 1 heterocycles. The first-order chi connectivity index (χ1) is 6.50. The predicted molar refractivity (Wildman–Crippen MR) is 64.3 cm³/mol. The van der Waals surface area contributed by atoms with E-state index in [4.69, 9.17) is 10.5 Å². The number of carbonyl (C=O) groups is 1. The molecule has 0 aliphatic carbocycles. The lowest BCUT2D eigenvalue weighted by Crippen LogP contribution is -2.37. The number of carbonyl (C=O) groups excluding carboxylic acids is 1. The molecule has 15 heavy (non-hydrogen) atoms. The van der Waals surface area contributed by atoms with Gasteiger partial charge in [-0.25, -0.2) is 0 Å². The third-order valence-corrected chi connectivity index (χ3v) is 3.09. The topological polar surface area (TPSA) is 52.3 Å². The van der Waals surface area contributed by atoms with Gasteiger partial charge in [-0.3, -0.25) is 4.79 Å². The van der Waals surface area contributed by atoms with Crippen LogP contribution in [0.3, 0.4) is 0 Å². The lowest BCUT2D eigenvalue weighted by atomic mass is 9.82. The Labute approximate surface area is 100 Å². The predicted octanol–water partition coefficient (Wildman–Crippen LogP) is 2.37. The molecular formula is C10H16ClNO2S. The van der Waals surface area contributed by atoms with Crippen LogP contribution >= 0.6 is 23.7 Å². The van der Waals surface area contributed by atoms with Crippen molar-refractivity contribution in [3.8, 4) is 0 Å². The number of methoxy groups -OCH3 is 1. The van der Waals surface area contributed by atoms with Crippen molar-refractivity contribution in [1.82, 2.24) is 0 Å². The number of hydrogen-bond acceptors (Lipinski definition) is 4. The van der Waals surface area contributed by atoms with Gasteiger partial charge in [0.25, 0.3) is 0 Å². The van der Waals surface area contributed by atoms with Gasteiger partial charge >= 0.3 is 5.97 Å². The van der Waals surface area contributed by atoms with Crippen LogP contribution in [-0.4, -0.2) is 13.1 Å². The fourth-order valence-corrected chi connectivity index (χ4v) is 1.96. The zero-order valence-corrected chi connectivity index (χ0v) is 10.7. The molecule has 0 bridgehead atoms. The average molecular weight is 250 g/mol. The zero-order valence-electron chi connectivity index (χ0n) is 9.02. The minimum absolute atomic E-state index is 0. The van der Waals surface area contributed by atoms with Gasteiger partial charge in [0.15, 0.2) is 0 Å². The molecule has 0 fully saturated rings. The van der Waals surface area contributed by atoms with E-state index in [9.17, 15) is 4.79 Å². The Hall–Kier alpha value is -0.580. The van der Waals surface area contributed by atoms with E-state index in [1.165, 1.54) is 7.11 Å². The number of ether oxygens (including phenoxy) is 1. The van der Waals surface area contributed by atoms with Crippen LogP contribution in [0.2, 0.25) is 0 Å². The molecule has 0 saturated carbocycles. The van der Waals surface area contributed by atoms with E-state index < -0.39 is 5.41 Å². The zero-order chi connectivity index (χ0) is 10.8. The first-order valence-corrected chi connectivity index (χ1v) is 5.30. The highest BCUT2D eigenvalue weighted by Gasteiger charge is 2.36. The summed E-state index contributed by atoms with van der Waals surface area (Å²) in [4.78, 5) is 11.5. The third kappa shape index (κ3) is 2.93. The number of hydrogen-bond donors (Lipinski definition) is 1. The Balaban J connectivity index is 0.00000196. The minimum atomic E-state index is -0.685. The van der Waals surface area contributed by atoms with Crippen LogP contribution in [0, 0.1) is 5.41 Å². The van der Waals surface area contributed by atoms with Gasteiger partial charge in [0.05, 0.1) is 12.5 Å². The van der Waals surface area contributed by atoms with Crippen molar-refractivity contribution < 1.29 is 9.53 Å². The van der Waals surface area contributed by atoms with Crippen LogP contribution < -0.4 is 5.73 Å². The Morgan fingerprint density at radius 3 is 2.60 bits per heavy atom. The van der Waals surface area contributed by atoms with Gasteiger partial charge in [0.1, 0.15) is 0 Å². The van der Waals surface area contributed by atoms with E-state index in [2.05, 4.69) is 0 Å². The third-order valence-electron chi connectivity index (χ3n) is 2.39. The maximum atomic E-state index is 11.5. The number of rotatable bonds is 3. The largest absolute Gasteiger partial charge is 0.469 e. The SMILES string of the molecule is COC(=O)C(C)(C)[C@@H](N)c1ccsc1.Cl. The molecule has 1 rings (SSSR count). The molecule has 5 heteroatoms. The molecule has 86 valence electrons. The van der Waals surface area contributed by atoms with Crippen LogP contribution in [0.5, 0.6) is 0 Å². The summed E-state index contributed by atoms with van der Waals surface area (Å²) in [7, 11) is 1.38. The first-order valence-electron chi connectivity index (χ1n) is 4.36. The Morgan fingerprint density at radius 1 is 1.60 bits per heavy atom. The van der Waals surface area contributed by atoms with Gasteiger partial charge in [-0.15, -0.1) is 12.4 Å². The van der Waals surface area contributed by atoms with Crippen molar-refractivity contribution in [3.63, 3.8) is 0 Å². The second kappa shape index (κ2) is 5.49. The van der Waals surface area contributed by atoms with Gasteiger partial charge in [-0.2, -0.15) is 11.3 Å². The van der Waals surface area contributed by atoms with E-state index in [1.807, 2.05) is 16.8 Å². The quantitative estimate of drug-likeness (QED) is 0.837. The summed E-state index contributed by atoms with van der Waals surface area (Å²) in [5.41, 5.74) is 6.29. The van der Waals surface area contributed by atoms with Crippen molar-refractivity contribution in [2.45, 2.75) is 19.9 Å². The van der Waals surface area contributed by atoms with Crippen molar-refractivity contribution >= 4 is 29.7 Å². The molecule has 0 amide bonds. The Kier molecular flexibility index (Phi) is 5.28. The monoisotopic (exact) mass is 249 g/mol. The smallest absolute Gasteiger partial charge is 0.313 e. The van der Waals surface area contributed by atoms with Gasteiger partial charge < -0.3 is 10.5 Å². The lowest BCUT2D eigenvalue weighted by molar-refractivity contribution is -0.152. The van der Waals surface area contributed by atoms with Crippen molar-refractivity contribution in [2.75, 3.05) is 7.11 Å². The van der Waals surface area contributed by atoms with E-state index in [0.717, 1.165) is 5.56 Å². The molecule has 0 aliphatic rings. The fourth-order valence-electron chi connectivity index (χ4n) is 1.26. The van der Waals surface area contributed by atoms with E-state index >= 15 is 0 Å². The molecular weight excluding hydrogens is 234 g/mol. The second-order valence-electron chi connectivity index (χ2n) is 3.75. The summed E-state index contributed by atoms with van der Waals surface area (Å²) in [5, 5.41) is 3.90. The van der Waals surface area contributed by atoms with E-state index in [0.29, 0.717) is 0 Å². The standard InChI is InChI=1S/C10H15NO2S.ClH/c1-10(2,9(12)13-3)8(11)7-4-5-14-6-7;/h4-6,8H,11H2,1-3H3;1H/t8-;/m0./s1. The average Bonchev–Trinajstić information content (AvgIpc) is 2.67. The summed E-state index contributed by atoms with van der Waals surface area (Å²) < 4.78 is 4.72. The Bertz CT molecular complexity index is 311. The number of thiophene rings is 1. The maximum Gasteiger partial charge on any atom is 0.313 e. The molecule has 0 aromatic carbocycles. The highest BCUT2D eigenvalue weighted by atomic mass is 35.5. The minimum Gasteiger partial charge on any atom is -0.469 e. The molecule has 0 radical (unpaired) electrons. The first kappa shape index (κ1) is 14.4. The summed E-state index contributed by atoms with van der Waals surface area (Å²) in [5.74, 6) is -0.281. The summed E-state index contributed by atoms with van der Waals surface area (Å²) in [6.45, 7) is 3.59. The molecule has 1 aromatic rings. The van der Waals surface area contributed by atoms with Gasteiger partial charge in [-0.1, -0.05) is 0 Å². The maximum absolute atomic E-state index is 11.5. The van der Waals surface area contributed by atoms with Gasteiger partial charge in [-0.05, 0) is 36.2 Å². The molecule has 0 saturated heterocycles. The van der Waals surface area contributed by atoms with E-state index in [1.54, 1.807) is 25.2 Å². The van der Waals surface area contributed by atoms with Gasteiger partial charge in [0, 0.05) is 6.04 Å². The van der Waals surface area contributed by atoms with E-state index in [-0.39, 0.29) is 24.4 Å². The molecule has 1 aromatic heterocycles. The highest BCUT2D eigenvalue weighted by molar-refractivity contribution is 7.07. The number of nitrogens with two attached hydrogens (primary N) is 1. The highest BCUT2D eigenvalue weighted by Crippen LogP contribution is 2.33. The lowest BCUT2D eigenvalue weighted by Gasteiger charge is -2.28. The van der Waals surface area contributed by atoms with Crippen LogP contribution in [0.25, 0.3) is 0 Å². The van der Waals surface area contributed by atoms with Crippen LogP contribution in [0.1, 0.15) is 25.5 Å². The van der Waals surface area contributed by atoms with Crippen LogP contribution in [0.15, 0.2) is 16.8 Å². The van der Waals surface area contributed by atoms with Crippen molar-refractivity contribution in [2.24, 2.45) is 11.1 Å². The second-order valence-corrected chi connectivity index (χ2v) is 4.53.